The number of nitrogens with zero attached hydrogens (tertiary/aromatic N) is 2. The quantitative estimate of drug-likeness (QED) is 0.205. The Morgan fingerprint density at radius 2 is 1.65 bits per heavy atom. The van der Waals surface area contributed by atoms with Gasteiger partial charge in [0.1, 0.15) is 24.1 Å². The van der Waals surface area contributed by atoms with Crippen LogP contribution in [-0.2, 0) is 26.2 Å². The molecule has 0 spiro atoms. The van der Waals surface area contributed by atoms with Gasteiger partial charge in [0, 0.05) is 18.1 Å². The summed E-state index contributed by atoms with van der Waals surface area (Å²) in [4.78, 5) is 28.9. The summed E-state index contributed by atoms with van der Waals surface area (Å²) in [5.41, 5.74) is 1.01. The van der Waals surface area contributed by atoms with Gasteiger partial charge in [-0.2, -0.15) is 0 Å². The smallest absolute Gasteiger partial charge is 0.264 e. The van der Waals surface area contributed by atoms with Crippen molar-refractivity contribution in [1.29, 1.82) is 0 Å². The molecule has 0 unspecified atom stereocenters. The Bertz CT molecular complexity index is 1450. The zero-order chi connectivity index (χ0) is 31.4. The number of carbonyl (C=O) groups is 2. The molecule has 1 atom stereocenters. The van der Waals surface area contributed by atoms with Gasteiger partial charge >= 0.3 is 0 Å². The van der Waals surface area contributed by atoms with Crippen molar-refractivity contribution in [3.05, 3.63) is 83.4 Å². The summed E-state index contributed by atoms with van der Waals surface area (Å²) in [5.74, 6) is 0.342. The Morgan fingerprint density at radius 3 is 2.26 bits per heavy atom. The van der Waals surface area contributed by atoms with Gasteiger partial charge in [-0.05, 0) is 86.0 Å². The summed E-state index contributed by atoms with van der Waals surface area (Å²) in [5, 5.41) is 3.31. The topological polar surface area (TPSA) is 105 Å². The third-order valence-electron chi connectivity index (χ3n) is 6.82. The first-order chi connectivity index (χ1) is 20.6. The van der Waals surface area contributed by atoms with Crippen molar-refractivity contribution >= 4 is 39.1 Å². The molecule has 0 aliphatic rings. The van der Waals surface area contributed by atoms with Gasteiger partial charge in [-0.25, -0.2) is 8.42 Å². The molecule has 43 heavy (non-hydrogen) atoms. The van der Waals surface area contributed by atoms with E-state index in [0.29, 0.717) is 36.1 Å². The van der Waals surface area contributed by atoms with Gasteiger partial charge in [0.05, 0.1) is 24.3 Å². The second kappa shape index (κ2) is 16.2. The molecule has 0 radical (unpaired) electrons. The normalized spacial score (nSPS) is 11.8. The van der Waals surface area contributed by atoms with E-state index in [1.54, 1.807) is 49.6 Å². The van der Waals surface area contributed by atoms with Crippen LogP contribution in [0.3, 0.4) is 0 Å². The second-order valence-electron chi connectivity index (χ2n) is 9.83. The van der Waals surface area contributed by atoms with Crippen LogP contribution in [0.25, 0.3) is 0 Å². The molecule has 2 amide bonds. The van der Waals surface area contributed by atoms with Crippen LogP contribution in [0.5, 0.6) is 11.5 Å². The minimum atomic E-state index is -4.21. The highest BCUT2D eigenvalue weighted by molar-refractivity contribution is 7.92. The van der Waals surface area contributed by atoms with Crippen molar-refractivity contribution in [3.63, 3.8) is 0 Å². The van der Waals surface area contributed by atoms with E-state index >= 15 is 0 Å². The highest BCUT2D eigenvalue weighted by Crippen LogP contribution is 2.28. The van der Waals surface area contributed by atoms with E-state index in [4.69, 9.17) is 21.1 Å². The molecule has 3 aromatic carbocycles. The zero-order valence-corrected chi connectivity index (χ0v) is 26.7. The van der Waals surface area contributed by atoms with E-state index in [2.05, 4.69) is 5.32 Å². The number of anilines is 1. The van der Waals surface area contributed by atoms with E-state index in [1.807, 2.05) is 26.8 Å². The SMILES string of the molecule is CCCCNC(=O)[C@H](CC)N(Cc1cccc(OC)c1)C(=O)CN(c1ccc(OCC)cc1)S(=O)(=O)c1ccc(Cl)cc1. The van der Waals surface area contributed by atoms with Crippen molar-refractivity contribution in [2.45, 2.75) is 57.5 Å². The molecule has 0 aliphatic heterocycles. The first kappa shape index (κ1) is 33.7. The Labute approximate surface area is 259 Å². The zero-order valence-electron chi connectivity index (χ0n) is 25.1. The average Bonchev–Trinajstić information content (AvgIpc) is 3.00. The fourth-order valence-corrected chi connectivity index (χ4v) is 6.07. The molecule has 0 aromatic heterocycles. The predicted molar refractivity (Wildman–Crippen MR) is 169 cm³/mol. The number of methoxy groups -OCH3 is 1. The Morgan fingerprint density at radius 1 is 0.953 bits per heavy atom. The molecule has 0 saturated carbocycles. The van der Waals surface area contributed by atoms with Crippen LogP contribution >= 0.6 is 11.6 Å². The maximum Gasteiger partial charge on any atom is 0.264 e. The number of carbonyl (C=O) groups excluding carboxylic acids is 2. The van der Waals surface area contributed by atoms with Crippen LogP contribution in [0.1, 0.15) is 45.6 Å². The number of benzene rings is 3. The van der Waals surface area contributed by atoms with Crippen LogP contribution < -0.4 is 19.1 Å². The number of hydrogen-bond acceptors (Lipinski definition) is 6. The number of ether oxygens (including phenoxy) is 2. The summed E-state index contributed by atoms with van der Waals surface area (Å²) < 4.78 is 39.9. The molecule has 0 heterocycles. The minimum Gasteiger partial charge on any atom is -0.497 e. The average molecular weight is 630 g/mol. The number of rotatable bonds is 16. The van der Waals surface area contributed by atoms with Gasteiger partial charge in [0.2, 0.25) is 11.8 Å². The van der Waals surface area contributed by atoms with Crippen LogP contribution in [0.15, 0.2) is 77.7 Å². The highest BCUT2D eigenvalue weighted by Gasteiger charge is 2.33. The maximum absolute atomic E-state index is 14.2. The monoisotopic (exact) mass is 629 g/mol. The molecule has 1 N–H and O–H groups in total. The van der Waals surface area contributed by atoms with Gasteiger partial charge in [0.25, 0.3) is 10.0 Å². The molecule has 0 fully saturated rings. The van der Waals surface area contributed by atoms with Crippen molar-refractivity contribution in [1.82, 2.24) is 10.2 Å². The van der Waals surface area contributed by atoms with Gasteiger partial charge in [0.15, 0.2) is 0 Å². The molecule has 0 bridgehead atoms. The number of unbranched alkanes of at least 4 members (excludes halogenated alkanes) is 1. The van der Waals surface area contributed by atoms with Crippen molar-refractivity contribution < 1.29 is 27.5 Å². The molecule has 3 aromatic rings. The molecular weight excluding hydrogens is 590 g/mol. The number of sulfonamides is 1. The van der Waals surface area contributed by atoms with E-state index < -0.39 is 28.5 Å². The molecule has 0 saturated heterocycles. The Hall–Kier alpha value is -3.76. The van der Waals surface area contributed by atoms with Gasteiger partial charge in [-0.3, -0.25) is 13.9 Å². The molecule has 0 aliphatic carbocycles. The number of hydrogen-bond donors (Lipinski definition) is 1. The molecular formula is C32H40ClN3O6S. The van der Waals surface area contributed by atoms with E-state index in [0.717, 1.165) is 22.7 Å². The number of amides is 2. The Kier molecular flexibility index (Phi) is 12.7. The third kappa shape index (κ3) is 9.11. The summed E-state index contributed by atoms with van der Waals surface area (Å²) in [6.45, 7) is 6.17. The summed E-state index contributed by atoms with van der Waals surface area (Å²) in [6.07, 6.45) is 2.04. The van der Waals surface area contributed by atoms with E-state index in [-0.39, 0.29) is 23.0 Å². The first-order valence-electron chi connectivity index (χ1n) is 14.4. The fraction of sp³-hybridized carbons (Fsp3) is 0.375. The van der Waals surface area contributed by atoms with Crippen LogP contribution in [0, 0.1) is 0 Å². The van der Waals surface area contributed by atoms with Crippen LogP contribution in [0.4, 0.5) is 5.69 Å². The molecule has 3 rings (SSSR count). The van der Waals surface area contributed by atoms with Crippen LogP contribution in [0.2, 0.25) is 5.02 Å². The predicted octanol–water partition coefficient (Wildman–Crippen LogP) is 5.67. The van der Waals surface area contributed by atoms with E-state index in [9.17, 15) is 18.0 Å². The summed E-state index contributed by atoms with van der Waals surface area (Å²) in [6, 6.07) is 18.6. The van der Waals surface area contributed by atoms with Gasteiger partial charge in [-0.15, -0.1) is 0 Å². The molecule has 232 valence electrons. The maximum atomic E-state index is 14.2. The lowest BCUT2D eigenvalue weighted by Crippen LogP contribution is -2.52. The van der Waals surface area contributed by atoms with Gasteiger partial charge in [-0.1, -0.05) is 44.0 Å². The second-order valence-corrected chi connectivity index (χ2v) is 12.1. The van der Waals surface area contributed by atoms with Crippen LogP contribution in [-0.4, -0.2) is 58.0 Å². The fourth-order valence-electron chi connectivity index (χ4n) is 4.53. The largest absolute Gasteiger partial charge is 0.497 e. The molecule has 11 heteroatoms. The Balaban J connectivity index is 2.05. The standard InChI is InChI=1S/C32H40ClN3O6S/c1-5-8-20-34-32(38)30(6-2)35(22-24-10-9-11-28(21-24)41-4)31(37)23-36(26-14-16-27(17-15-26)42-7-3)43(39,40)29-18-12-25(33)13-19-29/h9-19,21,30H,5-8,20,22-23H2,1-4H3,(H,34,38)/t30-/m0/s1. The number of nitrogens with one attached hydrogen (secondary N) is 1. The van der Waals surface area contributed by atoms with Crippen molar-refractivity contribution in [2.24, 2.45) is 0 Å². The summed E-state index contributed by atoms with van der Waals surface area (Å²) in [7, 11) is -2.66. The first-order valence-corrected chi connectivity index (χ1v) is 16.2. The lowest BCUT2D eigenvalue weighted by atomic mass is 10.1. The van der Waals surface area contributed by atoms with Gasteiger partial charge < -0.3 is 19.7 Å². The summed E-state index contributed by atoms with van der Waals surface area (Å²) >= 11 is 6.03. The third-order valence-corrected chi connectivity index (χ3v) is 8.86. The lowest BCUT2D eigenvalue weighted by Gasteiger charge is -2.33. The highest BCUT2D eigenvalue weighted by atomic mass is 35.5. The lowest BCUT2D eigenvalue weighted by molar-refractivity contribution is -0.140. The van der Waals surface area contributed by atoms with Crippen molar-refractivity contribution in [2.75, 3.05) is 31.1 Å². The minimum absolute atomic E-state index is 0.0257. The van der Waals surface area contributed by atoms with E-state index in [1.165, 1.54) is 29.2 Å². The molecule has 9 nitrogen and oxygen atoms in total. The number of halogens is 1. The van der Waals surface area contributed by atoms with Crippen molar-refractivity contribution in [3.8, 4) is 11.5 Å².